The van der Waals surface area contributed by atoms with Gasteiger partial charge in [0, 0.05) is 26.1 Å². The van der Waals surface area contributed by atoms with E-state index >= 15 is 0 Å². The smallest absolute Gasteiger partial charge is 0.160 e. The first-order chi connectivity index (χ1) is 18.1. The summed E-state index contributed by atoms with van der Waals surface area (Å²) in [6.45, 7) is 6.71. The predicted octanol–water partition coefficient (Wildman–Crippen LogP) is 5.89. The molecule has 37 heavy (non-hydrogen) atoms. The summed E-state index contributed by atoms with van der Waals surface area (Å²) in [6, 6.07) is 12.0. The molecule has 0 saturated carbocycles. The molecule has 0 aliphatic carbocycles. The molecule has 2 unspecified atom stereocenters. The lowest BCUT2D eigenvalue weighted by molar-refractivity contribution is -0.0573. The summed E-state index contributed by atoms with van der Waals surface area (Å²) in [5, 5.41) is 0. The van der Waals surface area contributed by atoms with Gasteiger partial charge in [0.15, 0.2) is 23.0 Å². The van der Waals surface area contributed by atoms with Crippen LogP contribution in [0.2, 0.25) is 0 Å². The maximum atomic E-state index is 6.20. The van der Waals surface area contributed by atoms with Crippen LogP contribution >= 0.6 is 0 Å². The van der Waals surface area contributed by atoms with Gasteiger partial charge in [0.2, 0.25) is 0 Å². The fourth-order valence-corrected chi connectivity index (χ4v) is 3.99. The highest BCUT2D eigenvalue weighted by Gasteiger charge is 2.17. The van der Waals surface area contributed by atoms with Crippen LogP contribution in [0.5, 0.6) is 23.0 Å². The second kappa shape index (κ2) is 17.9. The molecule has 0 N–H and O–H groups in total. The number of hydrogen-bond donors (Lipinski definition) is 0. The molecule has 2 aromatic rings. The summed E-state index contributed by atoms with van der Waals surface area (Å²) in [5.41, 5.74) is 2.23. The monoisotopic (exact) mass is 518 g/mol. The summed E-state index contributed by atoms with van der Waals surface area (Å²) in [4.78, 5) is 0. The third-order valence-corrected chi connectivity index (χ3v) is 6.13. The lowest BCUT2D eigenvalue weighted by Gasteiger charge is -2.22. The molecule has 0 aliphatic rings. The molecule has 0 amide bonds. The Balaban J connectivity index is 2.03. The van der Waals surface area contributed by atoms with Crippen molar-refractivity contribution in [3.63, 3.8) is 0 Å². The summed E-state index contributed by atoms with van der Waals surface area (Å²) < 4.78 is 40.3. The van der Waals surface area contributed by atoms with Crippen LogP contribution in [-0.4, -0.2) is 67.1 Å². The van der Waals surface area contributed by atoms with Crippen LogP contribution in [0, 0.1) is 0 Å². The third kappa shape index (κ3) is 10.8. The fraction of sp³-hybridized carbons (Fsp3) is 0.600. The van der Waals surface area contributed by atoms with Crippen molar-refractivity contribution in [2.24, 2.45) is 0 Å². The van der Waals surface area contributed by atoms with Crippen molar-refractivity contribution in [3.8, 4) is 23.0 Å². The lowest BCUT2D eigenvalue weighted by Crippen LogP contribution is -2.28. The maximum absolute atomic E-state index is 6.20. The van der Waals surface area contributed by atoms with Gasteiger partial charge in [-0.25, -0.2) is 0 Å². The van der Waals surface area contributed by atoms with Gasteiger partial charge in [0.25, 0.3) is 0 Å². The second-order valence-electron chi connectivity index (χ2n) is 9.02. The van der Waals surface area contributed by atoms with Gasteiger partial charge in [-0.1, -0.05) is 38.8 Å². The van der Waals surface area contributed by atoms with Gasteiger partial charge in [-0.05, 0) is 48.2 Å². The molecule has 7 nitrogen and oxygen atoms in total. The Morgan fingerprint density at radius 2 is 0.973 bits per heavy atom. The third-order valence-electron chi connectivity index (χ3n) is 6.13. The van der Waals surface area contributed by atoms with Crippen LogP contribution in [0.1, 0.15) is 50.7 Å². The van der Waals surface area contributed by atoms with E-state index in [9.17, 15) is 0 Å². The highest BCUT2D eigenvalue weighted by atomic mass is 16.6. The maximum Gasteiger partial charge on any atom is 0.160 e. The number of methoxy groups -OCH3 is 4. The fourth-order valence-electron chi connectivity index (χ4n) is 3.99. The zero-order valence-corrected chi connectivity index (χ0v) is 23.5. The Bertz CT molecular complexity index is 815. The molecular formula is C30H46O7. The summed E-state index contributed by atoms with van der Waals surface area (Å²) in [6.07, 6.45) is 5.52. The molecule has 0 radical (unpaired) electrons. The topological polar surface area (TPSA) is 64.6 Å². The molecule has 0 heterocycles. The number of hydrogen-bond acceptors (Lipinski definition) is 7. The van der Waals surface area contributed by atoms with Crippen LogP contribution in [0.4, 0.5) is 0 Å². The van der Waals surface area contributed by atoms with Crippen molar-refractivity contribution in [2.75, 3.05) is 54.9 Å². The Morgan fingerprint density at radius 1 is 0.568 bits per heavy atom. The van der Waals surface area contributed by atoms with Crippen molar-refractivity contribution < 1.29 is 33.2 Å². The molecule has 0 saturated heterocycles. The van der Waals surface area contributed by atoms with Crippen molar-refractivity contribution in [3.05, 3.63) is 47.5 Å². The molecule has 0 bridgehead atoms. The minimum atomic E-state index is -0.0676. The zero-order valence-electron chi connectivity index (χ0n) is 23.5. The lowest BCUT2D eigenvalue weighted by atomic mass is 10.1. The number of benzene rings is 2. The van der Waals surface area contributed by atoms with Gasteiger partial charge in [0.1, 0.15) is 0 Å². The van der Waals surface area contributed by atoms with Crippen LogP contribution in [0.3, 0.4) is 0 Å². The van der Waals surface area contributed by atoms with Crippen molar-refractivity contribution in [1.29, 1.82) is 0 Å². The first kappa shape index (κ1) is 30.7. The van der Waals surface area contributed by atoms with Crippen molar-refractivity contribution >= 4 is 0 Å². The van der Waals surface area contributed by atoms with Gasteiger partial charge in [-0.3, -0.25) is 0 Å². The van der Waals surface area contributed by atoms with Gasteiger partial charge in [-0.15, -0.1) is 0 Å². The Hall–Kier alpha value is -2.48. The number of ether oxygens (including phenoxy) is 7. The predicted molar refractivity (Wildman–Crippen MR) is 147 cm³/mol. The van der Waals surface area contributed by atoms with E-state index in [2.05, 4.69) is 13.8 Å². The minimum absolute atomic E-state index is 0.0676. The van der Waals surface area contributed by atoms with E-state index in [0.29, 0.717) is 49.4 Å². The quantitative estimate of drug-likeness (QED) is 0.202. The van der Waals surface area contributed by atoms with Crippen LogP contribution in [0.25, 0.3) is 0 Å². The van der Waals surface area contributed by atoms with Gasteiger partial charge >= 0.3 is 0 Å². The molecule has 208 valence electrons. The van der Waals surface area contributed by atoms with E-state index in [4.69, 9.17) is 33.2 Å². The zero-order chi connectivity index (χ0) is 26.9. The van der Waals surface area contributed by atoms with Gasteiger partial charge in [-0.2, -0.15) is 0 Å². The molecule has 0 aromatic heterocycles. The van der Waals surface area contributed by atoms with Gasteiger partial charge < -0.3 is 33.2 Å². The first-order valence-corrected chi connectivity index (χ1v) is 13.3. The molecule has 0 fully saturated rings. The molecule has 2 atom stereocenters. The summed E-state index contributed by atoms with van der Waals surface area (Å²) in [5.74, 6) is 2.86. The van der Waals surface area contributed by atoms with Crippen LogP contribution < -0.4 is 18.9 Å². The van der Waals surface area contributed by atoms with E-state index in [1.807, 2.05) is 36.4 Å². The molecule has 2 rings (SSSR count). The van der Waals surface area contributed by atoms with E-state index in [1.54, 1.807) is 28.4 Å². The number of rotatable bonds is 20. The average molecular weight is 519 g/mol. The minimum Gasteiger partial charge on any atom is -0.493 e. The van der Waals surface area contributed by atoms with E-state index in [0.717, 1.165) is 49.7 Å². The Labute approximate surface area is 223 Å². The largest absolute Gasteiger partial charge is 0.493 e. The molecule has 0 spiro atoms. The van der Waals surface area contributed by atoms with E-state index in [1.165, 1.54) is 0 Å². The molecular weight excluding hydrogens is 472 g/mol. The summed E-state index contributed by atoms with van der Waals surface area (Å²) >= 11 is 0. The number of unbranched alkanes of at least 4 members (excludes halogenated alkanes) is 2. The molecule has 2 aromatic carbocycles. The second-order valence-corrected chi connectivity index (χ2v) is 9.02. The van der Waals surface area contributed by atoms with Crippen LogP contribution in [-0.2, 0) is 27.1 Å². The average Bonchev–Trinajstić information content (AvgIpc) is 2.92. The molecule has 0 aliphatic heterocycles. The Morgan fingerprint density at radius 3 is 1.32 bits per heavy atom. The van der Waals surface area contributed by atoms with Crippen LogP contribution in [0.15, 0.2) is 36.4 Å². The molecule has 7 heteroatoms. The van der Waals surface area contributed by atoms with E-state index in [-0.39, 0.29) is 12.2 Å². The van der Waals surface area contributed by atoms with Crippen molar-refractivity contribution in [1.82, 2.24) is 0 Å². The highest BCUT2D eigenvalue weighted by Crippen LogP contribution is 2.29. The van der Waals surface area contributed by atoms with E-state index < -0.39 is 0 Å². The Kier molecular flexibility index (Phi) is 14.9. The normalized spacial score (nSPS) is 12.7. The van der Waals surface area contributed by atoms with Gasteiger partial charge in [0.05, 0.1) is 53.9 Å². The highest BCUT2D eigenvalue weighted by molar-refractivity contribution is 5.43. The first-order valence-electron chi connectivity index (χ1n) is 13.3. The summed E-state index contributed by atoms with van der Waals surface area (Å²) in [7, 11) is 6.58. The SMILES string of the molecule is CCCCOC(COCC(Cc1ccc(OC)c(OC)c1)OCCCC)Cc1ccc(OC)c(OC)c1. The standard InChI is InChI=1S/C30H46O7/c1-7-9-15-36-25(17-23-11-13-27(31-3)29(19-23)33-5)21-35-22-26(37-16-10-8-2)18-24-12-14-28(32-4)30(20-24)34-6/h11-14,19-20,25-26H,7-10,15-18,21-22H2,1-6H3. The van der Waals surface area contributed by atoms with Crippen molar-refractivity contribution in [2.45, 2.75) is 64.6 Å².